The topological polar surface area (TPSA) is 38.8 Å². The van der Waals surface area contributed by atoms with Gasteiger partial charge in [0.25, 0.3) is 5.91 Å². The van der Waals surface area contributed by atoms with Crippen LogP contribution in [0.1, 0.15) is 25.8 Å². The van der Waals surface area contributed by atoms with Gasteiger partial charge in [0.2, 0.25) is 0 Å². The van der Waals surface area contributed by atoms with Crippen LogP contribution >= 0.6 is 0 Å². The Labute approximate surface area is 101 Å². The van der Waals surface area contributed by atoms with E-state index in [2.05, 4.69) is 0 Å². The molecule has 1 amide bonds. The summed E-state index contributed by atoms with van der Waals surface area (Å²) in [5.74, 6) is 0.862. The number of rotatable bonds is 4. The van der Waals surface area contributed by atoms with Crippen LogP contribution in [-0.4, -0.2) is 19.1 Å². The second-order valence-corrected chi connectivity index (χ2v) is 3.83. The summed E-state index contributed by atoms with van der Waals surface area (Å²) in [4.78, 5) is 17.1. The fraction of sp³-hybridized carbons (Fsp3) is 0.462. The third-order valence-corrected chi connectivity index (χ3v) is 2.67. The molecular formula is C13H17NO3. The van der Waals surface area contributed by atoms with E-state index in [4.69, 9.17) is 9.57 Å². The zero-order valence-corrected chi connectivity index (χ0v) is 10.2. The van der Waals surface area contributed by atoms with Crippen molar-refractivity contribution in [3.8, 4) is 5.75 Å². The molecule has 1 aromatic rings. The minimum absolute atomic E-state index is 0.0171. The van der Waals surface area contributed by atoms with Gasteiger partial charge in [-0.1, -0.05) is 0 Å². The quantitative estimate of drug-likeness (QED) is 0.804. The molecule has 1 aromatic carbocycles. The Morgan fingerprint density at radius 3 is 2.76 bits per heavy atom. The fourth-order valence-corrected chi connectivity index (χ4v) is 1.96. The summed E-state index contributed by atoms with van der Waals surface area (Å²) in [5, 5.41) is 1.40. The van der Waals surface area contributed by atoms with Gasteiger partial charge in [-0.3, -0.25) is 9.63 Å². The number of anilines is 1. The van der Waals surface area contributed by atoms with Crippen molar-refractivity contribution < 1.29 is 14.4 Å². The summed E-state index contributed by atoms with van der Waals surface area (Å²) in [6.45, 7) is 4.96. The van der Waals surface area contributed by atoms with E-state index in [9.17, 15) is 4.79 Å². The Morgan fingerprint density at radius 1 is 1.24 bits per heavy atom. The first-order valence-electron chi connectivity index (χ1n) is 5.97. The number of aryl methyl sites for hydroxylation is 1. The minimum Gasteiger partial charge on any atom is -0.494 e. The van der Waals surface area contributed by atoms with Gasteiger partial charge in [0, 0.05) is 6.42 Å². The van der Waals surface area contributed by atoms with Crippen molar-refractivity contribution in [2.75, 3.05) is 18.3 Å². The van der Waals surface area contributed by atoms with Crippen LogP contribution in [0, 0.1) is 0 Å². The summed E-state index contributed by atoms with van der Waals surface area (Å²) >= 11 is 0. The van der Waals surface area contributed by atoms with Crippen molar-refractivity contribution in [2.45, 2.75) is 26.7 Å². The lowest BCUT2D eigenvalue weighted by atomic mass is 10.0. The van der Waals surface area contributed by atoms with E-state index in [1.807, 2.05) is 32.0 Å². The first kappa shape index (κ1) is 11.9. The normalized spacial score (nSPS) is 14.7. The molecule has 1 heterocycles. The molecule has 0 spiro atoms. The van der Waals surface area contributed by atoms with Gasteiger partial charge in [0.1, 0.15) is 5.75 Å². The lowest BCUT2D eigenvalue weighted by Gasteiger charge is -2.28. The third-order valence-electron chi connectivity index (χ3n) is 2.67. The highest BCUT2D eigenvalue weighted by molar-refractivity contribution is 5.94. The molecule has 4 heteroatoms. The average Bonchev–Trinajstić information content (AvgIpc) is 2.33. The van der Waals surface area contributed by atoms with E-state index in [1.165, 1.54) is 5.06 Å². The average molecular weight is 235 g/mol. The van der Waals surface area contributed by atoms with Gasteiger partial charge < -0.3 is 4.74 Å². The monoisotopic (exact) mass is 235 g/mol. The van der Waals surface area contributed by atoms with Crippen LogP contribution in [0.3, 0.4) is 0 Å². The van der Waals surface area contributed by atoms with Crippen LogP contribution < -0.4 is 9.80 Å². The summed E-state index contributed by atoms with van der Waals surface area (Å²) < 4.78 is 5.45. The molecule has 0 unspecified atom stereocenters. The standard InChI is InChI=1S/C13H17NO3/c1-3-16-11-6-7-12-10(9-11)5-8-13(15)14(12)17-4-2/h6-7,9H,3-5,8H2,1-2H3. The first-order valence-corrected chi connectivity index (χ1v) is 5.97. The number of hydrogen-bond acceptors (Lipinski definition) is 3. The van der Waals surface area contributed by atoms with Crippen molar-refractivity contribution >= 4 is 11.6 Å². The van der Waals surface area contributed by atoms with Crippen LogP contribution in [-0.2, 0) is 16.1 Å². The van der Waals surface area contributed by atoms with Gasteiger partial charge in [0.05, 0.1) is 18.9 Å². The highest BCUT2D eigenvalue weighted by Gasteiger charge is 2.25. The summed E-state index contributed by atoms with van der Waals surface area (Å²) in [6, 6.07) is 5.73. The Kier molecular flexibility index (Phi) is 3.64. The van der Waals surface area contributed by atoms with Crippen LogP contribution in [0.25, 0.3) is 0 Å². The fourth-order valence-electron chi connectivity index (χ4n) is 1.96. The number of amides is 1. The Balaban J connectivity index is 2.30. The van der Waals surface area contributed by atoms with Gasteiger partial charge in [-0.2, -0.15) is 5.06 Å². The molecule has 92 valence electrons. The molecule has 1 aliphatic heterocycles. The van der Waals surface area contributed by atoms with Crippen molar-refractivity contribution in [1.29, 1.82) is 0 Å². The van der Waals surface area contributed by atoms with Crippen LogP contribution in [0.15, 0.2) is 18.2 Å². The molecule has 0 saturated carbocycles. The molecule has 0 atom stereocenters. The number of fused-ring (bicyclic) bond motifs is 1. The van der Waals surface area contributed by atoms with Crippen LogP contribution in [0.4, 0.5) is 5.69 Å². The largest absolute Gasteiger partial charge is 0.494 e. The van der Waals surface area contributed by atoms with Crippen molar-refractivity contribution in [2.24, 2.45) is 0 Å². The molecule has 17 heavy (non-hydrogen) atoms. The smallest absolute Gasteiger partial charge is 0.251 e. The maximum absolute atomic E-state index is 11.7. The zero-order valence-electron chi connectivity index (χ0n) is 10.2. The number of nitrogens with zero attached hydrogens (tertiary/aromatic N) is 1. The lowest BCUT2D eigenvalue weighted by molar-refractivity contribution is -0.126. The van der Waals surface area contributed by atoms with Gasteiger partial charge in [0.15, 0.2) is 0 Å². The molecule has 0 saturated heterocycles. The van der Waals surface area contributed by atoms with E-state index in [0.717, 1.165) is 23.4 Å². The maximum atomic E-state index is 11.7. The molecule has 0 radical (unpaired) electrons. The number of hydroxylamine groups is 1. The Hall–Kier alpha value is -1.55. The summed E-state index contributed by atoms with van der Waals surface area (Å²) in [7, 11) is 0. The molecular weight excluding hydrogens is 218 g/mol. The minimum atomic E-state index is 0.0171. The SMILES string of the molecule is CCOc1ccc2c(c1)CCC(=O)N2OCC. The predicted octanol–water partition coefficient (Wildman–Crippen LogP) is 2.32. The Morgan fingerprint density at radius 2 is 2.06 bits per heavy atom. The van der Waals surface area contributed by atoms with Gasteiger partial charge in [-0.25, -0.2) is 0 Å². The van der Waals surface area contributed by atoms with E-state index < -0.39 is 0 Å². The maximum Gasteiger partial charge on any atom is 0.251 e. The molecule has 0 N–H and O–H groups in total. The van der Waals surface area contributed by atoms with Crippen molar-refractivity contribution in [3.05, 3.63) is 23.8 Å². The Bertz CT molecular complexity index is 417. The molecule has 0 aromatic heterocycles. The second-order valence-electron chi connectivity index (χ2n) is 3.83. The summed E-state index contributed by atoms with van der Waals surface area (Å²) in [6.07, 6.45) is 1.24. The van der Waals surface area contributed by atoms with Gasteiger partial charge >= 0.3 is 0 Å². The predicted molar refractivity (Wildman–Crippen MR) is 65.0 cm³/mol. The molecule has 0 aliphatic carbocycles. The van der Waals surface area contributed by atoms with Gasteiger partial charge in [-0.05, 0) is 44.0 Å². The number of benzene rings is 1. The first-order chi connectivity index (χ1) is 8.26. The number of carbonyl (C=O) groups is 1. The van der Waals surface area contributed by atoms with E-state index in [0.29, 0.717) is 19.6 Å². The number of hydrogen-bond donors (Lipinski definition) is 0. The van der Waals surface area contributed by atoms with E-state index in [-0.39, 0.29) is 5.91 Å². The highest BCUT2D eigenvalue weighted by Crippen LogP contribution is 2.31. The van der Waals surface area contributed by atoms with Crippen LogP contribution in [0.5, 0.6) is 5.75 Å². The molecule has 2 rings (SSSR count). The third kappa shape index (κ3) is 2.42. The number of carbonyl (C=O) groups excluding carboxylic acids is 1. The lowest BCUT2D eigenvalue weighted by Crippen LogP contribution is -2.35. The van der Waals surface area contributed by atoms with Crippen LogP contribution in [0.2, 0.25) is 0 Å². The van der Waals surface area contributed by atoms with Crippen molar-refractivity contribution in [1.82, 2.24) is 0 Å². The number of ether oxygens (including phenoxy) is 1. The van der Waals surface area contributed by atoms with Gasteiger partial charge in [-0.15, -0.1) is 0 Å². The molecule has 0 fully saturated rings. The van der Waals surface area contributed by atoms with E-state index >= 15 is 0 Å². The zero-order chi connectivity index (χ0) is 12.3. The van der Waals surface area contributed by atoms with Crippen molar-refractivity contribution in [3.63, 3.8) is 0 Å². The second kappa shape index (κ2) is 5.19. The molecule has 0 bridgehead atoms. The highest BCUT2D eigenvalue weighted by atomic mass is 16.7. The molecule has 1 aliphatic rings. The molecule has 4 nitrogen and oxygen atoms in total. The summed E-state index contributed by atoms with van der Waals surface area (Å²) in [5.41, 5.74) is 1.94. The van der Waals surface area contributed by atoms with E-state index in [1.54, 1.807) is 0 Å².